The molecular formula is C33H44BrN. The van der Waals surface area contributed by atoms with E-state index in [1.807, 2.05) is 0 Å². The van der Waals surface area contributed by atoms with Gasteiger partial charge in [-0.2, -0.15) is 0 Å². The van der Waals surface area contributed by atoms with Gasteiger partial charge in [-0.3, -0.25) is 0 Å². The number of anilines is 3. The lowest BCUT2D eigenvalue weighted by Crippen LogP contribution is -2.10. The first kappa shape index (κ1) is 27.5. The molecule has 35 heavy (non-hydrogen) atoms. The molecule has 0 spiro atoms. The molecule has 188 valence electrons. The summed E-state index contributed by atoms with van der Waals surface area (Å²) < 4.78 is 0. The summed E-state index contributed by atoms with van der Waals surface area (Å²) in [5.74, 6) is 0. The molecule has 0 aliphatic rings. The molecule has 0 aromatic heterocycles. The van der Waals surface area contributed by atoms with Gasteiger partial charge in [0.25, 0.3) is 0 Å². The molecule has 0 aliphatic carbocycles. The fourth-order valence-electron chi connectivity index (χ4n) is 4.67. The Hall–Kier alpha value is -2.06. The Morgan fingerprint density at radius 1 is 0.457 bits per heavy atom. The van der Waals surface area contributed by atoms with Crippen LogP contribution >= 0.6 is 15.9 Å². The van der Waals surface area contributed by atoms with E-state index in [0.29, 0.717) is 0 Å². The van der Waals surface area contributed by atoms with Crippen LogP contribution in [0.1, 0.15) is 88.3 Å². The van der Waals surface area contributed by atoms with Gasteiger partial charge in [-0.15, -0.1) is 0 Å². The van der Waals surface area contributed by atoms with Crippen molar-refractivity contribution < 1.29 is 0 Å². The summed E-state index contributed by atoms with van der Waals surface area (Å²) in [6.07, 6.45) is 15.1. The molecule has 1 nitrogen and oxygen atoms in total. The maximum absolute atomic E-state index is 3.56. The van der Waals surface area contributed by atoms with Gasteiger partial charge >= 0.3 is 0 Å². The SMILES string of the molecule is CCCCCCc1ccc(N(c2ccc(CCCBr)cc2)c2ccc(CCCCCC)cc2)cc1. The van der Waals surface area contributed by atoms with Crippen molar-refractivity contribution in [2.45, 2.75) is 90.9 Å². The van der Waals surface area contributed by atoms with Crippen molar-refractivity contribution in [2.24, 2.45) is 0 Å². The number of benzene rings is 3. The van der Waals surface area contributed by atoms with Gasteiger partial charge in [-0.1, -0.05) is 105 Å². The molecule has 0 heterocycles. The second-order valence-corrected chi connectivity index (χ2v) is 10.5. The summed E-state index contributed by atoms with van der Waals surface area (Å²) in [5.41, 5.74) is 7.96. The zero-order valence-corrected chi connectivity index (χ0v) is 23.5. The van der Waals surface area contributed by atoms with Crippen LogP contribution in [0.25, 0.3) is 0 Å². The van der Waals surface area contributed by atoms with Crippen LogP contribution in [0.4, 0.5) is 17.1 Å². The summed E-state index contributed by atoms with van der Waals surface area (Å²) >= 11 is 3.56. The summed E-state index contributed by atoms with van der Waals surface area (Å²) in [6, 6.07) is 27.6. The van der Waals surface area contributed by atoms with Crippen LogP contribution < -0.4 is 4.90 Å². The fraction of sp³-hybridized carbons (Fsp3) is 0.455. The van der Waals surface area contributed by atoms with E-state index in [9.17, 15) is 0 Å². The van der Waals surface area contributed by atoms with Crippen molar-refractivity contribution in [1.82, 2.24) is 0 Å². The topological polar surface area (TPSA) is 3.24 Å². The lowest BCUT2D eigenvalue weighted by Gasteiger charge is -2.26. The molecule has 2 heteroatoms. The maximum atomic E-state index is 3.56. The summed E-state index contributed by atoms with van der Waals surface area (Å²) in [5, 5.41) is 1.05. The lowest BCUT2D eigenvalue weighted by atomic mass is 10.0. The zero-order chi connectivity index (χ0) is 24.7. The molecule has 3 aromatic rings. The minimum absolute atomic E-state index is 1.05. The Morgan fingerprint density at radius 3 is 1.11 bits per heavy atom. The van der Waals surface area contributed by atoms with Crippen LogP contribution in [0.2, 0.25) is 0 Å². The average Bonchev–Trinajstić information content (AvgIpc) is 2.90. The van der Waals surface area contributed by atoms with E-state index in [1.54, 1.807) is 0 Å². The predicted molar refractivity (Wildman–Crippen MR) is 159 cm³/mol. The van der Waals surface area contributed by atoms with Gasteiger partial charge in [0.2, 0.25) is 0 Å². The van der Waals surface area contributed by atoms with Crippen molar-refractivity contribution in [1.29, 1.82) is 0 Å². The Morgan fingerprint density at radius 2 is 0.800 bits per heavy atom. The molecule has 0 aliphatic heterocycles. The number of halogens is 1. The number of aryl methyl sites for hydroxylation is 3. The number of rotatable bonds is 16. The lowest BCUT2D eigenvalue weighted by molar-refractivity contribution is 0.667. The van der Waals surface area contributed by atoms with Crippen LogP contribution in [0, 0.1) is 0 Å². The smallest absolute Gasteiger partial charge is 0.0461 e. The Kier molecular flexibility index (Phi) is 12.5. The third-order valence-electron chi connectivity index (χ3n) is 6.82. The Bertz CT molecular complexity index is 888. The highest BCUT2D eigenvalue weighted by Gasteiger charge is 2.13. The van der Waals surface area contributed by atoms with Crippen LogP contribution in [0.5, 0.6) is 0 Å². The van der Waals surface area contributed by atoms with Gasteiger partial charge in [0.15, 0.2) is 0 Å². The highest BCUT2D eigenvalue weighted by atomic mass is 79.9. The van der Waals surface area contributed by atoms with E-state index in [0.717, 1.165) is 11.8 Å². The number of unbranched alkanes of at least 4 members (excludes halogenated alkanes) is 6. The molecule has 0 N–H and O–H groups in total. The third-order valence-corrected chi connectivity index (χ3v) is 7.38. The van der Waals surface area contributed by atoms with E-state index >= 15 is 0 Å². The Balaban J connectivity index is 1.79. The van der Waals surface area contributed by atoms with E-state index in [2.05, 4.69) is 107 Å². The van der Waals surface area contributed by atoms with Gasteiger partial charge < -0.3 is 4.90 Å². The molecule has 3 aromatic carbocycles. The molecule has 0 saturated heterocycles. The first-order chi connectivity index (χ1) is 17.2. The van der Waals surface area contributed by atoms with Crippen LogP contribution in [0.15, 0.2) is 72.8 Å². The number of hydrogen-bond donors (Lipinski definition) is 0. The summed E-state index contributed by atoms with van der Waals surface area (Å²) in [6.45, 7) is 4.55. The van der Waals surface area contributed by atoms with Gasteiger partial charge in [0.1, 0.15) is 0 Å². The second-order valence-electron chi connectivity index (χ2n) is 9.75. The number of nitrogens with zero attached hydrogens (tertiary/aromatic N) is 1. The summed E-state index contributed by atoms with van der Waals surface area (Å²) in [7, 11) is 0. The average molecular weight is 535 g/mol. The molecule has 0 saturated carbocycles. The van der Waals surface area contributed by atoms with Crippen molar-refractivity contribution in [2.75, 3.05) is 10.2 Å². The molecule has 3 rings (SSSR count). The van der Waals surface area contributed by atoms with Crippen LogP contribution in [-0.4, -0.2) is 5.33 Å². The highest BCUT2D eigenvalue weighted by Crippen LogP contribution is 2.35. The normalized spacial score (nSPS) is 11.1. The van der Waals surface area contributed by atoms with E-state index in [1.165, 1.54) is 104 Å². The number of alkyl halides is 1. The van der Waals surface area contributed by atoms with E-state index in [4.69, 9.17) is 0 Å². The Labute approximate surface area is 223 Å². The molecule has 0 amide bonds. The molecule has 0 bridgehead atoms. The molecule has 0 radical (unpaired) electrons. The minimum atomic E-state index is 1.05. The van der Waals surface area contributed by atoms with Gasteiger partial charge in [0, 0.05) is 22.4 Å². The van der Waals surface area contributed by atoms with Crippen molar-refractivity contribution in [3.63, 3.8) is 0 Å². The van der Waals surface area contributed by atoms with Crippen LogP contribution in [0.3, 0.4) is 0 Å². The van der Waals surface area contributed by atoms with Crippen molar-refractivity contribution in [3.8, 4) is 0 Å². The molecule has 0 unspecified atom stereocenters. The van der Waals surface area contributed by atoms with E-state index < -0.39 is 0 Å². The first-order valence-corrected chi connectivity index (χ1v) is 15.0. The van der Waals surface area contributed by atoms with Gasteiger partial charge in [0.05, 0.1) is 0 Å². The molecular weight excluding hydrogens is 490 g/mol. The van der Waals surface area contributed by atoms with Gasteiger partial charge in [-0.25, -0.2) is 0 Å². The van der Waals surface area contributed by atoms with Crippen molar-refractivity contribution >= 4 is 33.0 Å². The van der Waals surface area contributed by atoms with E-state index in [-0.39, 0.29) is 0 Å². The standard InChI is InChI=1S/C33H44BrN/c1-3-5-7-9-12-28-15-21-31(22-16-28)35(33-25-19-30(20-26-33)14-11-27-34)32-23-17-29(18-24-32)13-10-8-6-4-2/h15-26H,3-14,27H2,1-2H3. The summed E-state index contributed by atoms with van der Waals surface area (Å²) in [4.78, 5) is 2.40. The van der Waals surface area contributed by atoms with Gasteiger partial charge in [-0.05, 0) is 91.6 Å². The molecule has 0 fully saturated rings. The maximum Gasteiger partial charge on any atom is 0.0461 e. The van der Waals surface area contributed by atoms with Crippen molar-refractivity contribution in [3.05, 3.63) is 89.5 Å². The monoisotopic (exact) mass is 533 g/mol. The second kappa shape index (κ2) is 15.8. The number of hydrogen-bond acceptors (Lipinski definition) is 1. The molecule has 0 atom stereocenters. The minimum Gasteiger partial charge on any atom is -0.311 e. The predicted octanol–water partition coefficient (Wildman–Crippen LogP) is 10.7. The highest BCUT2D eigenvalue weighted by molar-refractivity contribution is 9.09. The zero-order valence-electron chi connectivity index (χ0n) is 21.9. The first-order valence-electron chi connectivity index (χ1n) is 13.9. The quantitative estimate of drug-likeness (QED) is 0.130. The largest absolute Gasteiger partial charge is 0.311 e. The van der Waals surface area contributed by atoms with Crippen LogP contribution in [-0.2, 0) is 19.3 Å². The fourth-order valence-corrected chi connectivity index (χ4v) is 4.95. The third kappa shape index (κ3) is 9.15.